The Bertz CT molecular complexity index is 426. The Morgan fingerprint density at radius 2 is 1.85 bits per heavy atom. The lowest BCUT2D eigenvalue weighted by atomic mass is 9.99. The zero-order chi connectivity index (χ0) is 15.1. The molecule has 0 aliphatic carbocycles. The van der Waals surface area contributed by atoms with Crippen molar-refractivity contribution in [2.24, 2.45) is 5.73 Å². The van der Waals surface area contributed by atoms with Crippen molar-refractivity contribution >= 4 is 11.6 Å². The highest BCUT2D eigenvalue weighted by atomic mass is 35.5. The van der Waals surface area contributed by atoms with Crippen LogP contribution < -0.4 is 15.2 Å². The maximum atomic E-state index is 10.0. The number of nitrogens with two attached hydrogens (primary N) is 1. The van der Waals surface area contributed by atoms with Crippen LogP contribution in [0.2, 0.25) is 5.02 Å². The van der Waals surface area contributed by atoms with Gasteiger partial charge in [-0.05, 0) is 30.9 Å². The summed E-state index contributed by atoms with van der Waals surface area (Å²) in [4.78, 5) is 0. The number of hydrogen-bond acceptors (Lipinski definition) is 4. The Morgan fingerprint density at radius 1 is 1.20 bits per heavy atom. The van der Waals surface area contributed by atoms with Gasteiger partial charge in [-0.1, -0.05) is 24.9 Å². The van der Waals surface area contributed by atoms with Gasteiger partial charge in [-0.15, -0.1) is 0 Å². The Labute approximate surface area is 125 Å². The van der Waals surface area contributed by atoms with E-state index in [2.05, 4.69) is 6.92 Å². The minimum atomic E-state index is -0.513. The zero-order valence-corrected chi connectivity index (χ0v) is 13.1. The summed E-state index contributed by atoms with van der Waals surface area (Å²) in [6.07, 6.45) is 2.53. The summed E-state index contributed by atoms with van der Waals surface area (Å²) in [5.41, 5.74) is 6.87. The van der Waals surface area contributed by atoms with Gasteiger partial charge in [0.25, 0.3) is 0 Å². The van der Waals surface area contributed by atoms with Gasteiger partial charge >= 0.3 is 0 Å². The summed E-state index contributed by atoms with van der Waals surface area (Å²) in [5.74, 6) is 1.31. The highest BCUT2D eigenvalue weighted by Crippen LogP contribution is 2.33. The first-order valence-electron chi connectivity index (χ1n) is 6.87. The van der Waals surface area contributed by atoms with Gasteiger partial charge in [0.05, 0.1) is 25.3 Å². The van der Waals surface area contributed by atoms with Gasteiger partial charge in [-0.2, -0.15) is 0 Å². The fourth-order valence-electron chi connectivity index (χ4n) is 2.16. The number of halogens is 1. The van der Waals surface area contributed by atoms with Crippen molar-refractivity contribution in [2.75, 3.05) is 14.2 Å². The number of aliphatic hydroxyl groups excluding tert-OH is 1. The lowest BCUT2D eigenvalue weighted by molar-refractivity contribution is 0.130. The molecule has 0 bridgehead atoms. The highest BCUT2D eigenvalue weighted by molar-refractivity contribution is 6.32. The van der Waals surface area contributed by atoms with E-state index in [1.807, 2.05) is 6.07 Å². The van der Waals surface area contributed by atoms with Crippen molar-refractivity contribution in [1.29, 1.82) is 0 Å². The van der Waals surface area contributed by atoms with Crippen molar-refractivity contribution in [2.45, 2.75) is 44.8 Å². The largest absolute Gasteiger partial charge is 0.496 e. The minimum Gasteiger partial charge on any atom is -0.496 e. The molecule has 0 spiro atoms. The van der Waals surface area contributed by atoms with E-state index in [1.54, 1.807) is 20.3 Å². The molecule has 1 aromatic carbocycles. The molecule has 5 heteroatoms. The maximum absolute atomic E-state index is 10.0. The predicted octanol–water partition coefficient (Wildman–Crippen LogP) is 2.78. The first-order valence-corrected chi connectivity index (χ1v) is 7.25. The van der Waals surface area contributed by atoms with Crippen LogP contribution in [0.3, 0.4) is 0 Å². The molecule has 0 radical (unpaired) electrons. The van der Waals surface area contributed by atoms with Crippen LogP contribution in [0.4, 0.5) is 0 Å². The molecule has 4 nitrogen and oxygen atoms in total. The van der Waals surface area contributed by atoms with Gasteiger partial charge in [-0.3, -0.25) is 0 Å². The fourth-order valence-corrected chi connectivity index (χ4v) is 2.39. The van der Waals surface area contributed by atoms with E-state index in [0.717, 1.165) is 18.4 Å². The lowest BCUT2D eigenvalue weighted by Crippen LogP contribution is -2.34. The number of ether oxygens (including phenoxy) is 2. The van der Waals surface area contributed by atoms with Crippen LogP contribution in [-0.2, 0) is 6.42 Å². The highest BCUT2D eigenvalue weighted by Gasteiger charge is 2.16. The summed E-state index contributed by atoms with van der Waals surface area (Å²) in [6.45, 7) is 2.06. The smallest absolute Gasteiger partial charge is 0.137 e. The molecular weight excluding hydrogens is 278 g/mol. The zero-order valence-electron chi connectivity index (χ0n) is 12.4. The molecule has 1 rings (SSSR count). The van der Waals surface area contributed by atoms with Gasteiger partial charge in [0.15, 0.2) is 0 Å². The van der Waals surface area contributed by atoms with E-state index in [1.165, 1.54) is 0 Å². The summed E-state index contributed by atoms with van der Waals surface area (Å²) in [7, 11) is 3.17. The normalized spacial score (nSPS) is 13.9. The molecule has 20 heavy (non-hydrogen) atoms. The standard InChI is InChI=1S/C15H24ClNO3/c1-4-5-12(17)13(18)7-6-10-8-15(20-3)11(16)9-14(10)19-2/h8-9,12-13,18H,4-7,17H2,1-3H3. The van der Waals surface area contributed by atoms with Crippen molar-refractivity contribution in [3.8, 4) is 11.5 Å². The molecule has 2 unspecified atom stereocenters. The second-order valence-corrected chi connectivity index (χ2v) is 5.26. The molecule has 114 valence electrons. The first kappa shape index (κ1) is 17.1. The number of aryl methyl sites for hydroxylation is 1. The second-order valence-electron chi connectivity index (χ2n) is 4.86. The van der Waals surface area contributed by atoms with Gasteiger partial charge in [0.1, 0.15) is 11.5 Å². The Hall–Kier alpha value is -0.970. The van der Waals surface area contributed by atoms with Crippen LogP contribution in [0.15, 0.2) is 12.1 Å². The van der Waals surface area contributed by atoms with Gasteiger partial charge in [0, 0.05) is 12.1 Å². The number of benzene rings is 1. The second kappa shape index (κ2) is 8.35. The third-order valence-corrected chi connectivity index (χ3v) is 3.68. The number of methoxy groups -OCH3 is 2. The molecule has 1 aromatic rings. The topological polar surface area (TPSA) is 64.7 Å². The average Bonchev–Trinajstić information content (AvgIpc) is 2.45. The molecule has 0 amide bonds. The third kappa shape index (κ3) is 4.54. The van der Waals surface area contributed by atoms with Crippen molar-refractivity contribution < 1.29 is 14.6 Å². The predicted molar refractivity (Wildman–Crippen MR) is 81.8 cm³/mol. The number of hydrogen-bond donors (Lipinski definition) is 2. The Kier molecular flexibility index (Phi) is 7.13. The summed E-state index contributed by atoms with van der Waals surface area (Å²) < 4.78 is 10.5. The molecule has 3 N–H and O–H groups in total. The Morgan fingerprint density at radius 3 is 2.40 bits per heavy atom. The van der Waals surface area contributed by atoms with Crippen LogP contribution in [0.25, 0.3) is 0 Å². The monoisotopic (exact) mass is 301 g/mol. The minimum absolute atomic E-state index is 0.180. The molecule has 0 fully saturated rings. The molecular formula is C15H24ClNO3. The summed E-state index contributed by atoms with van der Waals surface area (Å²) >= 11 is 6.06. The van der Waals surface area contributed by atoms with E-state index >= 15 is 0 Å². The SMILES string of the molecule is CCCC(N)C(O)CCc1cc(OC)c(Cl)cc1OC. The maximum Gasteiger partial charge on any atom is 0.137 e. The van der Waals surface area contributed by atoms with Crippen LogP contribution >= 0.6 is 11.6 Å². The first-order chi connectivity index (χ1) is 9.53. The molecule has 0 aromatic heterocycles. The van der Waals surface area contributed by atoms with Crippen molar-refractivity contribution in [3.05, 3.63) is 22.7 Å². The summed E-state index contributed by atoms with van der Waals surface area (Å²) in [5, 5.41) is 10.5. The molecule has 0 aliphatic rings. The van der Waals surface area contributed by atoms with Gasteiger partial charge in [0.2, 0.25) is 0 Å². The van der Waals surface area contributed by atoms with E-state index in [0.29, 0.717) is 29.4 Å². The molecule has 2 atom stereocenters. The lowest BCUT2D eigenvalue weighted by Gasteiger charge is -2.19. The van der Waals surface area contributed by atoms with Crippen molar-refractivity contribution in [1.82, 2.24) is 0 Å². The quantitative estimate of drug-likeness (QED) is 0.775. The number of aliphatic hydroxyl groups is 1. The third-order valence-electron chi connectivity index (χ3n) is 3.38. The van der Waals surface area contributed by atoms with Crippen LogP contribution in [0.5, 0.6) is 11.5 Å². The van der Waals surface area contributed by atoms with Crippen LogP contribution in [-0.4, -0.2) is 31.5 Å². The average molecular weight is 302 g/mol. The van der Waals surface area contributed by atoms with Gasteiger partial charge in [-0.25, -0.2) is 0 Å². The van der Waals surface area contributed by atoms with Gasteiger partial charge < -0.3 is 20.3 Å². The van der Waals surface area contributed by atoms with E-state index in [4.69, 9.17) is 26.8 Å². The van der Waals surface area contributed by atoms with Crippen molar-refractivity contribution in [3.63, 3.8) is 0 Å². The van der Waals surface area contributed by atoms with E-state index in [-0.39, 0.29) is 6.04 Å². The van der Waals surface area contributed by atoms with Crippen LogP contribution in [0, 0.1) is 0 Å². The molecule has 0 saturated heterocycles. The molecule has 0 saturated carbocycles. The fraction of sp³-hybridized carbons (Fsp3) is 0.600. The molecule has 0 heterocycles. The van der Waals surface area contributed by atoms with E-state index in [9.17, 15) is 5.11 Å². The number of rotatable bonds is 8. The van der Waals surface area contributed by atoms with Crippen LogP contribution in [0.1, 0.15) is 31.7 Å². The van der Waals surface area contributed by atoms with E-state index < -0.39 is 6.10 Å². The summed E-state index contributed by atoms with van der Waals surface area (Å²) in [6, 6.07) is 3.40. The molecule has 0 aliphatic heterocycles. The Balaban J connectivity index is 2.76.